The molecule has 0 heteroatoms. The zero-order valence-electron chi connectivity index (χ0n) is 13.7. The summed E-state index contributed by atoms with van der Waals surface area (Å²) in [6.45, 7) is 25.8. The highest BCUT2D eigenvalue weighted by Crippen LogP contribution is 1.66. The molecule has 0 amide bonds. The predicted octanol–water partition coefficient (Wildman–Crippen LogP) is 7.10. The maximum Gasteiger partial charge on any atom is -0.0382 e. The number of rotatable bonds is 1. The highest BCUT2D eigenvalue weighted by Gasteiger charge is 1.45. The van der Waals surface area contributed by atoms with Gasteiger partial charge in [-0.2, -0.15) is 0 Å². The number of hydrogen-bond acceptors (Lipinski definition) is 0. The van der Waals surface area contributed by atoms with Gasteiger partial charge in [-0.15, -0.1) is 6.58 Å². The number of hydrogen-bond donors (Lipinski definition) is 0. The molecule has 0 spiro atoms. The van der Waals surface area contributed by atoms with Crippen LogP contribution in [0.4, 0.5) is 0 Å². The Bertz CT molecular complexity index is 21.2. The SMILES string of the molecule is C=CCC.CC.CC.CC.CC.CCC. The van der Waals surface area contributed by atoms with Crippen LogP contribution in [0.3, 0.4) is 0 Å². The monoisotopic (exact) mass is 220 g/mol. The molecular formula is C15H40. The van der Waals surface area contributed by atoms with E-state index in [0.717, 1.165) is 6.42 Å². The van der Waals surface area contributed by atoms with Crippen LogP contribution < -0.4 is 0 Å². The van der Waals surface area contributed by atoms with Gasteiger partial charge in [0.1, 0.15) is 0 Å². The highest BCUT2D eigenvalue weighted by molar-refractivity contribution is 4.60. The molecule has 0 atom stereocenters. The van der Waals surface area contributed by atoms with Crippen molar-refractivity contribution in [1.29, 1.82) is 0 Å². The molecule has 0 radical (unpaired) electrons. The fourth-order valence-corrected chi connectivity index (χ4v) is 0. The van der Waals surface area contributed by atoms with Gasteiger partial charge in [0.05, 0.1) is 0 Å². The molecule has 0 rings (SSSR count). The summed E-state index contributed by atoms with van der Waals surface area (Å²) >= 11 is 0. The first kappa shape index (κ1) is 36.4. The standard InChI is InChI=1S/C4H8.C3H8.4C2H6/c1-3-4-2;1-3-2;4*1-2/h3H,1,4H2,2H3;3H2,1-2H3;4*1-2H3. The van der Waals surface area contributed by atoms with Gasteiger partial charge in [-0.3, -0.25) is 0 Å². The van der Waals surface area contributed by atoms with Crippen molar-refractivity contribution in [1.82, 2.24) is 0 Å². The topological polar surface area (TPSA) is 0 Å². The van der Waals surface area contributed by atoms with Crippen molar-refractivity contribution in [3.8, 4) is 0 Å². The summed E-state index contributed by atoms with van der Waals surface area (Å²) in [7, 11) is 0. The van der Waals surface area contributed by atoms with Crippen LogP contribution in [0.25, 0.3) is 0 Å². The lowest BCUT2D eigenvalue weighted by molar-refractivity contribution is 1.09. The van der Waals surface area contributed by atoms with Crippen LogP contribution in [0.2, 0.25) is 0 Å². The molecule has 0 aromatic rings. The van der Waals surface area contributed by atoms with Gasteiger partial charge in [-0.05, 0) is 6.42 Å². The van der Waals surface area contributed by atoms with Crippen LogP contribution in [0.15, 0.2) is 12.7 Å². The van der Waals surface area contributed by atoms with E-state index in [1.807, 2.05) is 61.5 Å². The van der Waals surface area contributed by atoms with Crippen molar-refractivity contribution in [3.05, 3.63) is 12.7 Å². The molecule has 0 bridgehead atoms. The molecule has 0 saturated carbocycles. The zero-order chi connectivity index (χ0) is 14.1. The highest BCUT2D eigenvalue weighted by atomic mass is 13.5. The maximum absolute atomic E-state index is 3.48. The Morgan fingerprint density at radius 2 is 0.733 bits per heavy atom. The van der Waals surface area contributed by atoms with E-state index in [1.165, 1.54) is 6.42 Å². The van der Waals surface area contributed by atoms with Crippen LogP contribution in [-0.2, 0) is 0 Å². The lowest BCUT2D eigenvalue weighted by Gasteiger charge is -1.57. The fraction of sp³-hybridized carbons (Fsp3) is 0.867. The Balaban J connectivity index is -0.0000000168. The largest absolute Gasteiger partial charge is 0.103 e. The van der Waals surface area contributed by atoms with Gasteiger partial charge in [0.25, 0.3) is 0 Å². The third-order valence-corrected chi connectivity index (χ3v) is 0.289. The lowest BCUT2D eigenvalue weighted by Crippen LogP contribution is -1.36. The van der Waals surface area contributed by atoms with Crippen LogP contribution in [0, 0.1) is 0 Å². The van der Waals surface area contributed by atoms with Crippen LogP contribution >= 0.6 is 0 Å². The molecule has 0 N–H and O–H groups in total. The second kappa shape index (κ2) is 297. The molecule has 0 aliphatic rings. The van der Waals surface area contributed by atoms with E-state index in [4.69, 9.17) is 0 Å². The minimum atomic E-state index is 1.08. The molecule has 0 fully saturated rings. The Morgan fingerprint density at radius 3 is 0.733 bits per heavy atom. The summed E-state index contributed by atoms with van der Waals surface area (Å²) in [6.07, 6.45) is 4.21. The van der Waals surface area contributed by atoms with E-state index >= 15 is 0 Å². The average Bonchev–Trinajstić information content (AvgIpc) is 2.39. The summed E-state index contributed by atoms with van der Waals surface area (Å²) in [5, 5.41) is 0. The van der Waals surface area contributed by atoms with Gasteiger partial charge in [-0.1, -0.05) is 88.7 Å². The lowest BCUT2D eigenvalue weighted by atomic mass is 10.5. The van der Waals surface area contributed by atoms with Gasteiger partial charge in [0.2, 0.25) is 0 Å². The minimum Gasteiger partial charge on any atom is -0.103 e. The number of allylic oxidation sites excluding steroid dienone is 1. The van der Waals surface area contributed by atoms with Crippen molar-refractivity contribution in [3.63, 3.8) is 0 Å². The van der Waals surface area contributed by atoms with Gasteiger partial charge >= 0.3 is 0 Å². The Morgan fingerprint density at radius 1 is 0.667 bits per heavy atom. The van der Waals surface area contributed by atoms with Gasteiger partial charge < -0.3 is 0 Å². The molecule has 100 valence electrons. The Hall–Kier alpha value is -0.260. The quantitative estimate of drug-likeness (QED) is 0.413. The van der Waals surface area contributed by atoms with Crippen LogP contribution in [-0.4, -0.2) is 0 Å². The van der Waals surface area contributed by atoms with Crippen molar-refractivity contribution >= 4 is 0 Å². The first-order valence-corrected chi connectivity index (χ1v) is 6.94. The Labute approximate surface area is 102 Å². The van der Waals surface area contributed by atoms with E-state index in [2.05, 4.69) is 27.4 Å². The second-order valence-corrected chi connectivity index (χ2v) is 1.40. The van der Waals surface area contributed by atoms with Gasteiger partial charge in [-0.25, -0.2) is 0 Å². The van der Waals surface area contributed by atoms with Crippen molar-refractivity contribution in [2.45, 2.75) is 89.0 Å². The smallest absolute Gasteiger partial charge is 0.0382 e. The molecule has 0 nitrogen and oxygen atoms in total. The maximum atomic E-state index is 3.48. The first-order valence-electron chi connectivity index (χ1n) is 6.94. The van der Waals surface area contributed by atoms with Gasteiger partial charge in [0.15, 0.2) is 0 Å². The molecule has 0 saturated heterocycles. The van der Waals surface area contributed by atoms with E-state index < -0.39 is 0 Å². The van der Waals surface area contributed by atoms with Crippen molar-refractivity contribution < 1.29 is 0 Å². The fourth-order valence-electron chi connectivity index (χ4n) is 0. The molecule has 0 aromatic heterocycles. The van der Waals surface area contributed by atoms with Gasteiger partial charge in [0, 0.05) is 0 Å². The summed E-state index contributed by atoms with van der Waals surface area (Å²) in [5.41, 5.74) is 0. The van der Waals surface area contributed by atoms with Crippen molar-refractivity contribution in [2.75, 3.05) is 0 Å². The molecule has 0 unspecified atom stereocenters. The predicted molar refractivity (Wildman–Crippen MR) is 81.8 cm³/mol. The molecule has 0 aliphatic heterocycles. The molecule has 15 heavy (non-hydrogen) atoms. The Kier molecular flexibility index (Phi) is 721. The van der Waals surface area contributed by atoms with E-state index in [-0.39, 0.29) is 0 Å². The molecule has 0 aliphatic carbocycles. The van der Waals surface area contributed by atoms with Crippen LogP contribution in [0.5, 0.6) is 0 Å². The third-order valence-electron chi connectivity index (χ3n) is 0.289. The van der Waals surface area contributed by atoms with Crippen LogP contribution in [0.1, 0.15) is 89.0 Å². The average molecular weight is 220 g/mol. The van der Waals surface area contributed by atoms with E-state index in [0.29, 0.717) is 0 Å². The van der Waals surface area contributed by atoms with Crippen molar-refractivity contribution in [2.24, 2.45) is 0 Å². The summed E-state index contributed by atoms with van der Waals surface area (Å²) in [5.74, 6) is 0. The third kappa shape index (κ3) is 3460. The first-order chi connectivity index (χ1) is 7.33. The zero-order valence-corrected chi connectivity index (χ0v) is 13.7. The summed E-state index contributed by atoms with van der Waals surface area (Å²) < 4.78 is 0. The normalized spacial score (nSPS) is 4.47. The minimum absolute atomic E-state index is 1.08. The molecular weight excluding hydrogens is 180 g/mol. The molecule has 0 heterocycles. The van der Waals surface area contributed by atoms with E-state index in [1.54, 1.807) is 0 Å². The van der Waals surface area contributed by atoms with E-state index in [9.17, 15) is 0 Å². The molecule has 0 aromatic carbocycles. The summed E-state index contributed by atoms with van der Waals surface area (Å²) in [4.78, 5) is 0. The summed E-state index contributed by atoms with van der Waals surface area (Å²) in [6, 6.07) is 0. The second-order valence-electron chi connectivity index (χ2n) is 1.40.